The minimum Gasteiger partial charge on any atom is -0.326 e. The van der Waals surface area contributed by atoms with E-state index in [9.17, 15) is 18.0 Å². The van der Waals surface area contributed by atoms with Gasteiger partial charge in [0.25, 0.3) is 5.56 Å². The van der Waals surface area contributed by atoms with Crippen LogP contribution in [0, 0.1) is 12.8 Å². The molecule has 1 unspecified atom stereocenters. The van der Waals surface area contributed by atoms with E-state index < -0.39 is 15.9 Å². The molecule has 2 aromatic carbocycles. The molecular weight excluding hydrogens is 508 g/mol. The Bertz CT molecular complexity index is 1340. The summed E-state index contributed by atoms with van der Waals surface area (Å²) >= 11 is 3.31. The van der Waals surface area contributed by atoms with E-state index >= 15 is 0 Å². The summed E-state index contributed by atoms with van der Waals surface area (Å²) in [5.41, 5.74) is 1.56. The molecule has 33 heavy (non-hydrogen) atoms. The number of amides is 1. The Morgan fingerprint density at radius 2 is 1.94 bits per heavy atom. The molecule has 1 aliphatic heterocycles. The van der Waals surface area contributed by atoms with E-state index in [4.69, 9.17) is 0 Å². The van der Waals surface area contributed by atoms with Gasteiger partial charge in [0, 0.05) is 40.6 Å². The summed E-state index contributed by atoms with van der Waals surface area (Å²) < 4.78 is 28.2. The van der Waals surface area contributed by atoms with E-state index in [0.29, 0.717) is 42.2 Å². The highest BCUT2D eigenvalue weighted by molar-refractivity contribution is 9.10. The topological polar surface area (TPSA) is 112 Å². The maximum Gasteiger partial charge on any atom is 0.251 e. The lowest BCUT2D eigenvalue weighted by molar-refractivity contribution is -0.120. The van der Waals surface area contributed by atoms with Crippen LogP contribution in [0.3, 0.4) is 0 Å². The molecule has 1 amide bonds. The predicted molar refractivity (Wildman–Crippen MR) is 129 cm³/mol. The van der Waals surface area contributed by atoms with Gasteiger partial charge in [0.15, 0.2) is 0 Å². The van der Waals surface area contributed by atoms with E-state index in [2.05, 4.69) is 31.2 Å². The van der Waals surface area contributed by atoms with Crippen LogP contribution < -0.4 is 10.9 Å². The molecule has 3 aromatic rings. The summed E-state index contributed by atoms with van der Waals surface area (Å²) in [4.78, 5) is 32.0. The van der Waals surface area contributed by atoms with Crippen molar-refractivity contribution in [2.75, 3.05) is 18.4 Å². The van der Waals surface area contributed by atoms with Crippen LogP contribution in [-0.4, -0.2) is 41.7 Å². The van der Waals surface area contributed by atoms with Gasteiger partial charge in [0.1, 0.15) is 5.82 Å². The van der Waals surface area contributed by atoms with Gasteiger partial charge in [0.05, 0.1) is 10.8 Å². The number of hydrogen-bond donors (Lipinski definition) is 2. The number of H-pyrrole nitrogens is 1. The fourth-order valence-electron chi connectivity index (χ4n) is 3.83. The number of nitrogens with zero attached hydrogens (tertiary/aromatic N) is 2. The average Bonchev–Trinajstić information content (AvgIpc) is 2.79. The number of halogens is 1. The van der Waals surface area contributed by atoms with Crippen molar-refractivity contribution in [3.8, 4) is 11.4 Å². The van der Waals surface area contributed by atoms with Crippen molar-refractivity contribution in [3.05, 3.63) is 75.1 Å². The van der Waals surface area contributed by atoms with Gasteiger partial charge < -0.3 is 10.3 Å². The van der Waals surface area contributed by atoms with Gasteiger partial charge in [-0.2, -0.15) is 4.31 Å². The molecule has 8 nitrogen and oxygen atoms in total. The van der Waals surface area contributed by atoms with E-state index in [1.807, 2.05) is 0 Å². The molecule has 1 aromatic heterocycles. The Balaban J connectivity index is 1.49. The first kappa shape index (κ1) is 23.3. The number of anilines is 1. The second-order valence-electron chi connectivity index (χ2n) is 7.96. The molecule has 1 saturated heterocycles. The predicted octanol–water partition coefficient (Wildman–Crippen LogP) is 3.55. The van der Waals surface area contributed by atoms with Gasteiger partial charge >= 0.3 is 0 Å². The second kappa shape index (κ2) is 9.58. The van der Waals surface area contributed by atoms with Crippen LogP contribution in [0.1, 0.15) is 18.5 Å². The number of carbonyl (C=O) groups excluding carboxylic acids is 1. The molecule has 0 bridgehead atoms. The van der Waals surface area contributed by atoms with Crippen molar-refractivity contribution in [2.24, 2.45) is 5.92 Å². The van der Waals surface area contributed by atoms with E-state index in [0.717, 1.165) is 4.47 Å². The SMILES string of the molecule is Cc1cc(=O)[nH]c(-c2cccc(NC(=O)C3CCCN(S(=O)(=O)c4ccc(Br)cc4)C3)c2)n1. The highest BCUT2D eigenvalue weighted by Gasteiger charge is 2.33. The van der Waals surface area contributed by atoms with Crippen molar-refractivity contribution in [2.45, 2.75) is 24.7 Å². The van der Waals surface area contributed by atoms with Crippen LogP contribution in [-0.2, 0) is 14.8 Å². The van der Waals surface area contributed by atoms with Crippen LogP contribution in [0.15, 0.2) is 68.8 Å². The lowest BCUT2D eigenvalue weighted by Gasteiger charge is -2.31. The highest BCUT2D eigenvalue weighted by Crippen LogP contribution is 2.26. The number of aryl methyl sites for hydroxylation is 1. The lowest BCUT2D eigenvalue weighted by Crippen LogP contribution is -2.43. The number of piperidine rings is 1. The molecule has 0 radical (unpaired) electrons. The summed E-state index contributed by atoms with van der Waals surface area (Å²) in [5.74, 6) is -0.293. The largest absolute Gasteiger partial charge is 0.326 e. The fraction of sp³-hybridized carbons (Fsp3) is 0.261. The number of benzene rings is 2. The number of rotatable bonds is 5. The van der Waals surface area contributed by atoms with E-state index in [1.165, 1.54) is 10.4 Å². The molecule has 1 aliphatic rings. The van der Waals surface area contributed by atoms with Crippen molar-refractivity contribution >= 4 is 37.5 Å². The number of carbonyl (C=O) groups is 1. The van der Waals surface area contributed by atoms with Crippen LogP contribution >= 0.6 is 15.9 Å². The first-order valence-electron chi connectivity index (χ1n) is 10.5. The zero-order valence-corrected chi connectivity index (χ0v) is 20.3. The lowest BCUT2D eigenvalue weighted by atomic mass is 9.98. The van der Waals surface area contributed by atoms with Crippen LogP contribution in [0.4, 0.5) is 5.69 Å². The highest BCUT2D eigenvalue weighted by atomic mass is 79.9. The number of sulfonamides is 1. The van der Waals surface area contributed by atoms with E-state index in [1.54, 1.807) is 55.5 Å². The number of aromatic nitrogens is 2. The minimum atomic E-state index is -3.68. The van der Waals surface area contributed by atoms with Crippen molar-refractivity contribution in [3.63, 3.8) is 0 Å². The van der Waals surface area contributed by atoms with Gasteiger partial charge in [-0.3, -0.25) is 9.59 Å². The zero-order valence-electron chi connectivity index (χ0n) is 17.9. The zero-order chi connectivity index (χ0) is 23.6. The Morgan fingerprint density at radius 1 is 1.18 bits per heavy atom. The summed E-state index contributed by atoms with van der Waals surface area (Å²) in [7, 11) is -3.68. The molecule has 2 heterocycles. The molecule has 0 saturated carbocycles. The number of aromatic amines is 1. The molecule has 172 valence electrons. The van der Waals surface area contributed by atoms with Gasteiger partial charge in [-0.15, -0.1) is 0 Å². The normalized spacial score (nSPS) is 17.0. The molecule has 4 rings (SSSR count). The third kappa shape index (κ3) is 5.40. The maximum atomic E-state index is 13.0. The minimum absolute atomic E-state index is 0.122. The summed E-state index contributed by atoms with van der Waals surface area (Å²) in [6.45, 7) is 2.24. The monoisotopic (exact) mass is 530 g/mol. The molecule has 0 spiro atoms. The number of hydrogen-bond acceptors (Lipinski definition) is 5. The summed E-state index contributed by atoms with van der Waals surface area (Å²) in [6, 6.07) is 14.9. The van der Waals surface area contributed by atoms with E-state index in [-0.39, 0.29) is 22.9 Å². The van der Waals surface area contributed by atoms with Crippen molar-refractivity contribution in [1.82, 2.24) is 14.3 Å². The third-order valence-electron chi connectivity index (χ3n) is 5.48. The van der Waals surface area contributed by atoms with Gasteiger partial charge in [-0.1, -0.05) is 28.1 Å². The Labute approximate surface area is 200 Å². The Hall–Kier alpha value is -2.82. The molecule has 1 atom stereocenters. The second-order valence-corrected chi connectivity index (χ2v) is 10.8. The van der Waals surface area contributed by atoms with Crippen molar-refractivity contribution in [1.29, 1.82) is 0 Å². The van der Waals surface area contributed by atoms with Gasteiger partial charge in [-0.05, 0) is 56.2 Å². The quantitative estimate of drug-likeness (QED) is 0.523. The fourth-order valence-corrected chi connectivity index (χ4v) is 5.62. The molecular formula is C23H23BrN4O4S. The average molecular weight is 531 g/mol. The van der Waals surface area contributed by atoms with Crippen LogP contribution in [0.5, 0.6) is 0 Å². The van der Waals surface area contributed by atoms with Crippen molar-refractivity contribution < 1.29 is 13.2 Å². The Morgan fingerprint density at radius 3 is 2.67 bits per heavy atom. The molecule has 2 N–H and O–H groups in total. The summed E-state index contributed by atoms with van der Waals surface area (Å²) in [5, 5.41) is 2.88. The van der Waals surface area contributed by atoms with Crippen LogP contribution in [0.2, 0.25) is 0 Å². The standard InChI is InChI=1S/C23H23BrN4O4S/c1-15-12-21(29)27-22(25-15)16-4-2-6-19(13-16)26-23(30)17-5-3-11-28(14-17)33(31,32)20-9-7-18(24)8-10-20/h2,4,6-10,12-13,17H,3,5,11,14H2,1H3,(H,26,30)(H,25,27,29). The Kier molecular flexibility index (Phi) is 6.78. The third-order valence-corrected chi connectivity index (χ3v) is 7.89. The first-order valence-corrected chi connectivity index (χ1v) is 12.7. The molecule has 1 fully saturated rings. The van der Waals surface area contributed by atoms with Gasteiger partial charge in [-0.25, -0.2) is 13.4 Å². The smallest absolute Gasteiger partial charge is 0.251 e. The maximum absolute atomic E-state index is 13.0. The molecule has 0 aliphatic carbocycles. The van der Waals surface area contributed by atoms with Gasteiger partial charge in [0.2, 0.25) is 15.9 Å². The summed E-state index contributed by atoms with van der Waals surface area (Å²) in [6.07, 6.45) is 1.20. The van der Waals surface area contributed by atoms with Crippen LogP contribution in [0.25, 0.3) is 11.4 Å². The molecule has 10 heteroatoms. The first-order chi connectivity index (χ1) is 15.7. The number of nitrogens with one attached hydrogen (secondary N) is 2.